The Morgan fingerprint density at radius 1 is 1.57 bits per heavy atom. The van der Waals surface area contributed by atoms with Crippen LogP contribution in [0.2, 0.25) is 0 Å². The summed E-state index contributed by atoms with van der Waals surface area (Å²) in [6, 6.07) is 2.05. The van der Waals surface area contributed by atoms with Gasteiger partial charge >= 0.3 is 5.82 Å². The number of imidazole rings is 1. The zero-order valence-corrected chi connectivity index (χ0v) is 12.3. The summed E-state index contributed by atoms with van der Waals surface area (Å²) in [7, 11) is 0. The Morgan fingerprint density at radius 3 is 3.10 bits per heavy atom. The van der Waals surface area contributed by atoms with Crippen LogP contribution < -0.4 is 0 Å². The van der Waals surface area contributed by atoms with Crippen molar-refractivity contribution in [3.05, 3.63) is 44.0 Å². The number of rotatable bonds is 3. The molecule has 0 atom stereocenters. The maximum atomic E-state index is 12.3. The number of aromatic nitrogens is 2. The predicted molar refractivity (Wildman–Crippen MR) is 77.1 cm³/mol. The fourth-order valence-corrected chi connectivity index (χ4v) is 3.37. The lowest BCUT2D eigenvalue weighted by molar-refractivity contribution is -0.389. The van der Waals surface area contributed by atoms with Crippen LogP contribution in [0.15, 0.2) is 17.8 Å². The van der Waals surface area contributed by atoms with Crippen LogP contribution in [0.3, 0.4) is 0 Å². The van der Waals surface area contributed by atoms with Gasteiger partial charge in [0.2, 0.25) is 12.2 Å². The third-order valence-corrected chi connectivity index (χ3v) is 4.74. The number of fused-ring (bicyclic) bond motifs is 1. The molecule has 3 heterocycles. The van der Waals surface area contributed by atoms with Crippen molar-refractivity contribution in [2.45, 2.75) is 26.4 Å². The first-order chi connectivity index (χ1) is 10.1. The van der Waals surface area contributed by atoms with E-state index in [1.165, 1.54) is 21.3 Å². The Morgan fingerprint density at radius 2 is 2.38 bits per heavy atom. The predicted octanol–water partition coefficient (Wildman–Crippen LogP) is 1.75. The van der Waals surface area contributed by atoms with Crippen molar-refractivity contribution in [3.63, 3.8) is 0 Å². The largest absolute Gasteiger partial charge is 0.384 e. The molecule has 3 rings (SSSR count). The normalized spacial score (nSPS) is 14.0. The minimum absolute atomic E-state index is 0.0396. The van der Waals surface area contributed by atoms with Gasteiger partial charge in [0.15, 0.2) is 0 Å². The zero-order valence-electron chi connectivity index (χ0n) is 11.5. The van der Waals surface area contributed by atoms with E-state index in [4.69, 9.17) is 0 Å². The summed E-state index contributed by atoms with van der Waals surface area (Å²) in [5.74, 6) is -0.233. The molecule has 0 aliphatic carbocycles. The van der Waals surface area contributed by atoms with Gasteiger partial charge in [-0.2, -0.15) is 0 Å². The van der Waals surface area contributed by atoms with Crippen molar-refractivity contribution in [2.75, 3.05) is 6.54 Å². The lowest BCUT2D eigenvalue weighted by Gasteiger charge is -2.27. The fraction of sp³-hybridized carbons (Fsp3) is 0.385. The Bertz CT molecular complexity index is 706. The Balaban J connectivity index is 1.71. The number of carbonyl (C=O) groups excluding carboxylic acids is 1. The average molecular weight is 306 g/mol. The van der Waals surface area contributed by atoms with Crippen molar-refractivity contribution in [1.29, 1.82) is 0 Å². The van der Waals surface area contributed by atoms with E-state index in [1.807, 2.05) is 11.4 Å². The van der Waals surface area contributed by atoms with Crippen LogP contribution in [0.4, 0.5) is 5.82 Å². The lowest BCUT2D eigenvalue weighted by Crippen LogP contribution is -2.37. The van der Waals surface area contributed by atoms with Crippen LogP contribution >= 0.6 is 11.3 Å². The van der Waals surface area contributed by atoms with Gasteiger partial charge in [-0.25, -0.2) is 0 Å². The molecule has 1 aliphatic heterocycles. The molecular formula is C13H14N4O3S. The molecule has 0 saturated carbocycles. The minimum Gasteiger partial charge on any atom is -0.358 e. The topological polar surface area (TPSA) is 81.3 Å². The molecule has 0 N–H and O–H groups in total. The second-order valence-electron chi connectivity index (χ2n) is 4.97. The van der Waals surface area contributed by atoms with Gasteiger partial charge in [-0.3, -0.25) is 9.36 Å². The maximum absolute atomic E-state index is 12.3. The van der Waals surface area contributed by atoms with E-state index in [1.54, 1.807) is 23.2 Å². The molecule has 0 aromatic carbocycles. The molecule has 8 heteroatoms. The third kappa shape index (κ3) is 2.54. The average Bonchev–Trinajstić information content (AvgIpc) is 3.05. The number of carbonyl (C=O) groups is 1. The van der Waals surface area contributed by atoms with Crippen LogP contribution in [0.5, 0.6) is 0 Å². The SMILES string of the molecule is Cc1c([N+](=O)[O-])ncn1CC(=O)N1CCc2sccc2C1. The number of nitro groups is 1. The number of hydrogen-bond donors (Lipinski definition) is 0. The first-order valence-corrected chi connectivity index (χ1v) is 7.43. The van der Waals surface area contributed by atoms with Gasteiger partial charge in [-0.1, -0.05) is 0 Å². The van der Waals surface area contributed by atoms with E-state index in [2.05, 4.69) is 4.98 Å². The summed E-state index contributed by atoms with van der Waals surface area (Å²) in [6.07, 6.45) is 2.23. The highest BCUT2D eigenvalue weighted by molar-refractivity contribution is 7.10. The first kappa shape index (κ1) is 13.7. The van der Waals surface area contributed by atoms with E-state index in [-0.39, 0.29) is 18.3 Å². The van der Waals surface area contributed by atoms with E-state index >= 15 is 0 Å². The van der Waals surface area contributed by atoms with E-state index in [9.17, 15) is 14.9 Å². The van der Waals surface area contributed by atoms with Gasteiger partial charge in [0.25, 0.3) is 0 Å². The Hall–Kier alpha value is -2.22. The molecule has 0 radical (unpaired) electrons. The van der Waals surface area contributed by atoms with Gasteiger partial charge in [0.1, 0.15) is 12.2 Å². The summed E-state index contributed by atoms with van der Waals surface area (Å²) in [5.41, 5.74) is 1.61. The van der Waals surface area contributed by atoms with Gasteiger partial charge in [0, 0.05) is 18.0 Å². The minimum atomic E-state index is -0.533. The molecule has 21 heavy (non-hydrogen) atoms. The van der Waals surface area contributed by atoms with Crippen molar-refractivity contribution >= 4 is 23.1 Å². The van der Waals surface area contributed by atoms with Crippen molar-refractivity contribution < 1.29 is 9.72 Å². The highest BCUT2D eigenvalue weighted by atomic mass is 32.1. The maximum Gasteiger partial charge on any atom is 0.384 e. The quantitative estimate of drug-likeness (QED) is 0.639. The fourth-order valence-electron chi connectivity index (χ4n) is 2.48. The second-order valence-corrected chi connectivity index (χ2v) is 5.97. The molecule has 110 valence electrons. The lowest BCUT2D eigenvalue weighted by atomic mass is 10.1. The van der Waals surface area contributed by atoms with Crippen LogP contribution in [0.1, 0.15) is 16.1 Å². The Kier molecular flexibility index (Phi) is 3.46. The van der Waals surface area contributed by atoms with E-state index in [0.29, 0.717) is 18.8 Å². The van der Waals surface area contributed by atoms with Gasteiger partial charge < -0.3 is 15.0 Å². The van der Waals surface area contributed by atoms with Crippen LogP contribution in [0, 0.1) is 17.0 Å². The van der Waals surface area contributed by atoms with Crippen molar-refractivity contribution in [3.8, 4) is 0 Å². The Labute approximate surface area is 125 Å². The zero-order chi connectivity index (χ0) is 15.0. The highest BCUT2D eigenvalue weighted by Crippen LogP contribution is 2.24. The molecule has 2 aromatic rings. The van der Waals surface area contributed by atoms with Gasteiger partial charge in [-0.05, 0) is 40.3 Å². The molecule has 1 aliphatic rings. The molecule has 1 amide bonds. The monoisotopic (exact) mass is 306 g/mol. The van der Waals surface area contributed by atoms with Crippen LogP contribution in [-0.2, 0) is 24.3 Å². The molecule has 0 saturated heterocycles. The molecule has 2 aromatic heterocycles. The summed E-state index contributed by atoms with van der Waals surface area (Å²) < 4.78 is 1.53. The standard InChI is InChI=1S/C13H14N4O3S/c1-9-13(17(19)20)14-8-16(9)7-12(18)15-4-2-11-10(6-15)3-5-21-11/h3,5,8H,2,4,6-7H2,1H3. The molecule has 0 fully saturated rings. The highest BCUT2D eigenvalue weighted by Gasteiger charge is 2.24. The summed E-state index contributed by atoms with van der Waals surface area (Å²) in [4.78, 5) is 29.4. The van der Waals surface area contributed by atoms with Crippen molar-refractivity contribution in [1.82, 2.24) is 14.5 Å². The number of amides is 1. The number of nitrogens with zero attached hydrogens (tertiary/aromatic N) is 4. The van der Waals surface area contributed by atoms with Crippen molar-refractivity contribution in [2.24, 2.45) is 0 Å². The number of hydrogen-bond acceptors (Lipinski definition) is 5. The molecule has 0 unspecified atom stereocenters. The summed E-state index contributed by atoms with van der Waals surface area (Å²) in [5, 5.41) is 12.8. The first-order valence-electron chi connectivity index (χ1n) is 6.55. The van der Waals surface area contributed by atoms with Crippen LogP contribution in [0.25, 0.3) is 0 Å². The third-order valence-electron chi connectivity index (χ3n) is 3.71. The summed E-state index contributed by atoms with van der Waals surface area (Å²) >= 11 is 1.72. The second kappa shape index (κ2) is 5.28. The van der Waals surface area contributed by atoms with Crippen LogP contribution in [-0.4, -0.2) is 31.8 Å². The van der Waals surface area contributed by atoms with E-state index in [0.717, 1.165) is 6.42 Å². The smallest absolute Gasteiger partial charge is 0.358 e. The summed E-state index contributed by atoms with van der Waals surface area (Å²) in [6.45, 7) is 3.01. The number of thiophene rings is 1. The van der Waals surface area contributed by atoms with Gasteiger partial charge in [-0.15, -0.1) is 11.3 Å². The van der Waals surface area contributed by atoms with Gasteiger partial charge in [0.05, 0.1) is 0 Å². The molecular weight excluding hydrogens is 292 g/mol. The van der Waals surface area contributed by atoms with E-state index < -0.39 is 4.92 Å². The molecule has 0 bridgehead atoms. The molecule has 0 spiro atoms. The molecule has 7 nitrogen and oxygen atoms in total.